The molecule has 1 heterocycles. The van der Waals surface area contributed by atoms with Crippen LogP contribution in [0.1, 0.15) is 219 Å². The molecule has 1 fully saturated rings. The van der Waals surface area contributed by atoms with Crippen LogP contribution in [0.25, 0.3) is 0 Å². The quantitative estimate of drug-likeness (QED) is 0.0496. The van der Waals surface area contributed by atoms with Crippen molar-refractivity contribution in [3.63, 3.8) is 0 Å². The number of nitrogens with one attached hydrogen (secondary N) is 1. The molecule has 0 bridgehead atoms. The van der Waals surface area contributed by atoms with Gasteiger partial charge in [0.15, 0.2) is 6.10 Å². The summed E-state index contributed by atoms with van der Waals surface area (Å²) in [6.07, 6.45) is 29.3. The maximum atomic E-state index is 12.9. The van der Waals surface area contributed by atoms with Gasteiger partial charge in [0.1, 0.15) is 6.61 Å². The molecule has 22 heteroatoms. The van der Waals surface area contributed by atoms with E-state index in [1.807, 2.05) is 0 Å². The summed E-state index contributed by atoms with van der Waals surface area (Å²) < 4.78 is 34.1. The molecule has 448 valence electrons. The number of ether oxygens (including phenoxy) is 2. The normalized spacial score (nSPS) is 15.1. The van der Waals surface area contributed by atoms with E-state index in [1.165, 1.54) is 119 Å². The highest BCUT2D eigenvalue weighted by molar-refractivity contribution is 7.47. The van der Waals surface area contributed by atoms with Gasteiger partial charge in [-0.1, -0.05) is 174 Å². The third kappa shape index (κ3) is 40.2. The molecule has 1 rings (SSSR count). The van der Waals surface area contributed by atoms with Crippen LogP contribution >= 0.6 is 7.82 Å². The van der Waals surface area contributed by atoms with E-state index in [0.29, 0.717) is 12.8 Å². The molecule has 0 aromatic rings. The van der Waals surface area contributed by atoms with Gasteiger partial charge >= 0.3 is 19.8 Å². The van der Waals surface area contributed by atoms with Crippen LogP contribution in [0.2, 0.25) is 0 Å². The van der Waals surface area contributed by atoms with Crippen molar-refractivity contribution < 1.29 is 82.0 Å². The molecule has 2 N–H and O–H groups in total. The molecule has 1 aliphatic heterocycles. The second-order valence-corrected chi connectivity index (χ2v) is 22.4. The Morgan fingerprint density at radius 2 is 0.948 bits per heavy atom. The summed E-state index contributed by atoms with van der Waals surface area (Å²) in [6, 6.07) is 0. The molecule has 1 aliphatic rings. The Bertz CT molecular complexity index is 1650. The Hall–Kier alpha value is -3.72. The number of carboxylic acid groups (broad SMARTS) is 4. The van der Waals surface area contributed by atoms with Gasteiger partial charge in [0.05, 0.1) is 37.1 Å². The maximum absolute atomic E-state index is 12.9. The van der Waals surface area contributed by atoms with Crippen LogP contribution < -0.4 is 25.7 Å². The van der Waals surface area contributed by atoms with E-state index in [0.717, 1.165) is 49.8 Å². The van der Waals surface area contributed by atoms with E-state index in [4.69, 9.17) is 18.5 Å². The van der Waals surface area contributed by atoms with E-state index in [2.05, 4.69) is 19.2 Å². The second kappa shape index (κ2) is 45.1. The number of nitrogens with zero attached hydrogens (tertiary/aromatic N) is 3. The largest absolute Gasteiger partial charge is 0.549 e. The standard InChI is InChI=1S/C55H101N4O17P/c1-3-5-7-9-11-13-15-17-19-21-23-25-27-32-53(69)73-43-47(76-54(70)33-28-26-24-22-20-18-16-14-12-10-8-6-4-2)44-75-77(71,72)74-38-35-56-48(60)31-29-30-34-55(59(41-51(65)66)42-52(67)68)45-57(39-49(61)62)36-37-58(46-55)40-50(63)64/h47H,3-46H2,1-2H3,(H,56,60)(H,61,62)(H,63,64)(H,65,66)(H,67,68)(H,71,72)/p-4/t47-/m1/s1. The second-order valence-electron chi connectivity index (χ2n) is 20.9. The number of aliphatic carboxylic acids is 4. The van der Waals surface area contributed by atoms with E-state index >= 15 is 0 Å². The number of rotatable bonds is 52. The van der Waals surface area contributed by atoms with Crippen LogP contribution in [-0.2, 0) is 56.6 Å². The molecule has 0 spiro atoms. The number of hydrogen-bond acceptors (Lipinski definition) is 19. The van der Waals surface area contributed by atoms with Gasteiger partial charge in [-0.2, -0.15) is 0 Å². The Morgan fingerprint density at radius 1 is 0.545 bits per heavy atom. The lowest BCUT2D eigenvalue weighted by Gasteiger charge is -2.47. The fourth-order valence-corrected chi connectivity index (χ4v) is 10.5. The number of carboxylic acids is 4. The molecular weight excluding hydrogens is 1020 g/mol. The van der Waals surface area contributed by atoms with Crippen LogP contribution in [0.5, 0.6) is 0 Å². The molecule has 0 saturated carbocycles. The summed E-state index contributed by atoms with van der Waals surface area (Å²) in [5.41, 5.74) is -1.45. The molecule has 1 unspecified atom stereocenters. The van der Waals surface area contributed by atoms with Crippen molar-refractivity contribution in [3.8, 4) is 0 Å². The molecular formula is C55H97N4O17P-4. The van der Waals surface area contributed by atoms with Gasteiger partial charge < -0.3 is 59.3 Å². The minimum Gasteiger partial charge on any atom is -0.549 e. The number of esters is 2. The van der Waals surface area contributed by atoms with Crippen molar-refractivity contribution >= 4 is 49.5 Å². The average molecular weight is 1120 g/mol. The minimum atomic E-state index is -4.77. The first-order valence-corrected chi connectivity index (χ1v) is 30.6. The van der Waals surface area contributed by atoms with Gasteiger partial charge in [-0.05, 0) is 25.7 Å². The summed E-state index contributed by atoms with van der Waals surface area (Å²) in [5.74, 6) is -7.75. The van der Waals surface area contributed by atoms with Crippen molar-refractivity contribution in [2.45, 2.75) is 231 Å². The predicted molar refractivity (Wildman–Crippen MR) is 282 cm³/mol. The Labute approximate surface area is 459 Å². The van der Waals surface area contributed by atoms with Gasteiger partial charge in [-0.25, -0.2) is 4.57 Å². The summed E-state index contributed by atoms with van der Waals surface area (Å²) in [6.45, 7) is -0.583. The lowest BCUT2D eigenvalue weighted by atomic mass is 9.88. The zero-order chi connectivity index (χ0) is 57.0. The highest BCUT2D eigenvalue weighted by Crippen LogP contribution is 2.43. The number of hydrogen-bond donors (Lipinski definition) is 2. The Kier molecular flexibility index (Phi) is 41.7. The van der Waals surface area contributed by atoms with Gasteiger partial charge in [-0.15, -0.1) is 0 Å². The highest BCUT2D eigenvalue weighted by Gasteiger charge is 2.41. The van der Waals surface area contributed by atoms with E-state index < -0.39 is 101 Å². The summed E-state index contributed by atoms with van der Waals surface area (Å²) in [7, 11) is -4.77. The smallest absolute Gasteiger partial charge is 0.472 e. The summed E-state index contributed by atoms with van der Waals surface area (Å²) in [4.78, 5) is 99.4. The number of carbonyl (C=O) groups excluding carboxylic acids is 7. The molecule has 0 aromatic carbocycles. The molecule has 2 atom stereocenters. The number of phosphoric acid groups is 1. The van der Waals surface area contributed by atoms with Crippen LogP contribution in [0, 0.1) is 0 Å². The van der Waals surface area contributed by atoms with Gasteiger partial charge in [-0.3, -0.25) is 38.1 Å². The number of carbonyl (C=O) groups is 7. The third-order valence-corrected chi connectivity index (χ3v) is 14.9. The fourth-order valence-electron chi connectivity index (χ4n) is 9.76. The van der Waals surface area contributed by atoms with Gasteiger partial charge in [0.25, 0.3) is 0 Å². The van der Waals surface area contributed by atoms with Crippen molar-refractivity contribution in [2.75, 3.05) is 78.7 Å². The zero-order valence-electron chi connectivity index (χ0n) is 47.0. The first kappa shape index (κ1) is 71.3. The zero-order valence-corrected chi connectivity index (χ0v) is 47.9. The molecule has 21 nitrogen and oxygen atoms in total. The maximum Gasteiger partial charge on any atom is 0.472 e. The Balaban J connectivity index is 2.72. The van der Waals surface area contributed by atoms with Crippen molar-refractivity contribution in [2.24, 2.45) is 0 Å². The van der Waals surface area contributed by atoms with Crippen molar-refractivity contribution in [3.05, 3.63) is 0 Å². The summed E-state index contributed by atoms with van der Waals surface area (Å²) in [5, 5.41) is 49.3. The van der Waals surface area contributed by atoms with Crippen LogP contribution in [0.4, 0.5) is 0 Å². The van der Waals surface area contributed by atoms with Crippen LogP contribution in [0.3, 0.4) is 0 Å². The molecule has 0 radical (unpaired) electrons. The fraction of sp³-hybridized carbons (Fsp3) is 0.873. The summed E-state index contributed by atoms with van der Waals surface area (Å²) >= 11 is 0. The number of unbranched alkanes of at least 4 members (excludes halogenated alkanes) is 25. The lowest BCUT2D eigenvalue weighted by Crippen LogP contribution is -2.64. The van der Waals surface area contributed by atoms with Crippen LogP contribution in [-0.4, -0.2) is 152 Å². The van der Waals surface area contributed by atoms with E-state index in [9.17, 15) is 63.4 Å². The van der Waals surface area contributed by atoms with Crippen LogP contribution in [0.15, 0.2) is 0 Å². The Morgan fingerprint density at radius 3 is 1.36 bits per heavy atom. The molecule has 1 saturated heterocycles. The molecule has 0 aliphatic carbocycles. The SMILES string of the molecule is CCCCCCCCCCCCCCCC(=O)OC[C@H](COP(=O)(O)OCCNC(=O)CCCCC1(N(CC(=O)[O-])CC(=O)[O-])CN(CC(=O)[O-])CCN(CC(=O)[O-])C1)OC(=O)CCCCCCCCCCCCCCC. The van der Waals surface area contributed by atoms with Crippen molar-refractivity contribution in [1.82, 2.24) is 20.0 Å². The molecule has 0 aromatic heterocycles. The number of phosphoric ester groups is 1. The topological polar surface area (TPSA) is 308 Å². The van der Waals surface area contributed by atoms with Gasteiger partial charge in [0.2, 0.25) is 5.91 Å². The first-order valence-electron chi connectivity index (χ1n) is 29.1. The average Bonchev–Trinajstić information content (AvgIpc) is 3.53. The first-order chi connectivity index (χ1) is 36.9. The lowest BCUT2D eigenvalue weighted by molar-refractivity contribution is -0.314. The van der Waals surface area contributed by atoms with E-state index in [-0.39, 0.29) is 77.9 Å². The number of amides is 1. The predicted octanol–water partition coefficient (Wildman–Crippen LogP) is 3.87. The van der Waals surface area contributed by atoms with Crippen molar-refractivity contribution in [1.29, 1.82) is 0 Å². The van der Waals surface area contributed by atoms with Gasteiger partial charge in [0, 0.05) is 83.7 Å². The molecule has 1 amide bonds. The van der Waals surface area contributed by atoms with E-state index in [1.54, 1.807) is 0 Å². The highest BCUT2D eigenvalue weighted by atomic mass is 31.2. The minimum absolute atomic E-state index is 0.00347. The molecule has 77 heavy (non-hydrogen) atoms. The monoisotopic (exact) mass is 1120 g/mol. The third-order valence-electron chi connectivity index (χ3n) is 13.9.